The molecule has 0 spiro atoms. The van der Waals surface area contributed by atoms with Crippen LogP contribution in [0, 0.1) is 5.92 Å². The average Bonchev–Trinajstić information content (AvgIpc) is 2.68. The molecule has 2 aromatic carbocycles. The molecule has 3 nitrogen and oxygen atoms in total. The van der Waals surface area contributed by atoms with E-state index in [9.17, 15) is 10.2 Å². The predicted molar refractivity (Wildman–Crippen MR) is 120 cm³/mol. The van der Waals surface area contributed by atoms with Crippen LogP contribution in [0.3, 0.4) is 0 Å². The van der Waals surface area contributed by atoms with Gasteiger partial charge in [-0.05, 0) is 91.8 Å². The lowest BCUT2D eigenvalue weighted by Crippen LogP contribution is -2.51. The number of phenolic OH excluding ortho intramolecular Hbond substituents is 1. The molecule has 0 amide bonds. The van der Waals surface area contributed by atoms with Crippen LogP contribution in [0.1, 0.15) is 62.1 Å². The van der Waals surface area contributed by atoms with Gasteiger partial charge in [0.25, 0.3) is 0 Å². The van der Waals surface area contributed by atoms with Crippen molar-refractivity contribution >= 4 is 5.69 Å². The number of aromatic hydroxyl groups is 1. The fraction of sp³-hybridized carbons (Fsp3) is 0.538. The number of fused-ring (bicyclic) bond motifs is 3. The Bertz CT molecular complexity index is 877. The van der Waals surface area contributed by atoms with Crippen LogP contribution in [-0.4, -0.2) is 29.9 Å². The third kappa shape index (κ3) is 3.77. The molecule has 0 aliphatic heterocycles. The minimum atomic E-state index is -0.511. The number of rotatable bonds is 5. The van der Waals surface area contributed by atoms with Gasteiger partial charge in [-0.1, -0.05) is 31.5 Å². The van der Waals surface area contributed by atoms with Crippen molar-refractivity contribution in [1.29, 1.82) is 0 Å². The van der Waals surface area contributed by atoms with Gasteiger partial charge in [0.15, 0.2) is 0 Å². The van der Waals surface area contributed by atoms with E-state index in [1.807, 2.05) is 12.1 Å². The standard InChI is InChI=1S/C26H35NO2/c1-4-12-25(29)13-14-26(17-19-6-5-7-22(15-19)27(2)3)21(18-25)9-8-20-16-23(28)10-11-24(20)26/h5-7,10-11,15-16,21,28-29H,4,8-9,12-14,17-18H2,1-3H3/t21-,25+,26?/m0/s1. The van der Waals surface area contributed by atoms with Crippen LogP contribution in [0.15, 0.2) is 42.5 Å². The summed E-state index contributed by atoms with van der Waals surface area (Å²) in [4.78, 5) is 2.16. The van der Waals surface area contributed by atoms with Crippen LogP contribution < -0.4 is 4.90 Å². The Morgan fingerprint density at radius 3 is 2.69 bits per heavy atom. The molecule has 3 atom stereocenters. The zero-order valence-corrected chi connectivity index (χ0v) is 18.1. The molecule has 0 heterocycles. The van der Waals surface area contributed by atoms with E-state index in [0.29, 0.717) is 11.7 Å². The lowest BCUT2D eigenvalue weighted by atomic mass is 9.52. The lowest BCUT2D eigenvalue weighted by Gasteiger charge is -2.53. The number of aliphatic hydroxyl groups is 1. The summed E-state index contributed by atoms with van der Waals surface area (Å²) < 4.78 is 0. The van der Waals surface area contributed by atoms with Gasteiger partial charge in [-0.2, -0.15) is 0 Å². The summed E-state index contributed by atoms with van der Waals surface area (Å²) in [7, 11) is 4.18. The van der Waals surface area contributed by atoms with Gasteiger partial charge in [-0.25, -0.2) is 0 Å². The average molecular weight is 394 g/mol. The SMILES string of the molecule is CCC[C@@]1(O)CCC2(Cc3cccc(N(C)C)c3)c3ccc(O)cc3CC[C@H]2C1. The number of phenols is 1. The van der Waals surface area contributed by atoms with Gasteiger partial charge in [0, 0.05) is 25.2 Å². The first-order valence-corrected chi connectivity index (χ1v) is 11.2. The second-order valence-electron chi connectivity index (χ2n) is 9.65. The molecule has 29 heavy (non-hydrogen) atoms. The molecular formula is C26H35NO2. The van der Waals surface area contributed by atoms with Gasteiger partial charge in [-0.15, -0.1) is 0 Å². The second-order valence-corrected chi connectivity index (χ2v) is 9.65. The van der Waals surface area contributed by atoms with Gasteiger partial charge in [0.05, 0.1) is 5.60 Å². The van der Waals surface area contributed by atoms with E-state index in [-0.39, 0.29) is 5.41 Å². The third-order valence-corrected chi connectivity index (χ3v) is 7.49. The Morgan fingerprint density at radius 2 is 1.93 bits per heavy atom. The quantitative estimate of drug-likeness (QED) is 0.732. The Morgan fingerprint density at radius 1 is 1.10 bits per heavy atom. The van der Waals surface area contributed by atoms with Crippen LogP contribution in [0.25, 0.3) is 0 Å². The summed E-state index contributed by atoms with van der Waals surface area (Å²) in [6.45, 7) is 2.17. The van der Waals surface area contributed by atoms with Gasteiger partial charge in [0.2, 0.25) is 0 Å². The Kier molecular flexibility index (Phi) is 5.37. The van der Waals surface area contributed by atoms with Crippen molar-refractivity contribution in [2.45, 2.75) is 69.3 Å². The maximum atomic E-state index is 11.3. The highest BCUT2D eigenvalue weighted by Crippen LogP contribution is 2.55. The smallest absolute Gasteiger partial charge is 0.115 e. The van der Waals surface area contributed by atoms with E-state index in [2.05, 4.69) is 56.3 Å². The fourth-order valence-electron chi connectivity index (χ4n) is 6.08. The molecule has 2 aliphatic rings. The summed E-state index contributed by atoms with van der Waals surface area (Å²) in [5.74, 6) is 0.845. The molecule has 0 bridgehead atoms. The van der Waals surface area contributed by atoms with E-state index in [0.717, 1.165) is 51.4 Å². The lowest BCUT2D eigenvalue weighted by molar-refractivity contribution is -0.0565. The maximum absolute atomic E-state index is 11.3. The van der Waals surface area contributed by atoms with Gasteiger partial charge >= 0.3 is 0 Å². The summed E-state index contributed by atoms with van der Waals surface area (Å²) in [6, 6.07) is 14.9. The van der Waals surface area contributed by atoms with E-state index in [1.165, 1.54) is 22.4 Å². The highest BCUT2D eigenvalue weighted by atomic mass is 16.3. The number of benzene rings is 2. The van der Waals surface area contributed by atoms with E-state index in [4.69, 9.17) is 0 Å². The minimum absolute atomic E-state index is 0.0478. The topological polar surface area (TPSA) is 43.7 Å². The van der Waals surface area contributed by atoms with Crippen LogP contribution in [0.4, 0.5) is 5.69 Å². The number of nitrogens with zero attached hydrogens (tertiary/aromatic N) is 1. The molecule has 0 saturated heterocycles. The summed E-state index contributed by atoms with van der Waals surface area (Å²) >= 11 is 0. The molecule has 2 aliphatic carbocycles. The Balaban J connectivity index is 1.76. The first-order valence-electron chi connectivity index (χ1n) is 11.2. The monoisotopic (exact) mass is 393 g/mol. The molecule has 4 rings (SSSR count). The van der Waals surface area contributed by atoms with E-state index in [1.54, 1.807) is 0 Å². The van der Waals surface area contributed by atoms with Gasteiger partial charge in [-0.3, -0.25) is 0 Å². The first kappa shape index (κ1) is 20.3. The van der Waals surface area contributed by atoms with E-state index < -0.39 is 5.60 Å². The largest absolute Gasteiger partial charge is 0.508 e. The molecule has 2 aromatic rings. The minimum Gasteiger partial charge on any atom is -0.508 e. The molecule has 3 heteroatoms. The molecule has 1 unspecified atom stereocenters. The van der Waals surface area contributed by atoms with Crippen molar-refractivity contribution in [3.8, 4) is 5.75 Å². The number of anilines is 1. The van der Waals surface area contributed by atoms with Crippen LogP contribution in [-0.2, 0) is 18.3 Å². The zero-order valence-electron chi connectivity index (χ0n) is 18.1. The first-order chi connectivity index (χ1) is 13.8. The Hall–Kier alpha value is -2.00. The molecule has 0 radical (unpaired) electrons. The summed E-state index contributed by atoms with van der Waals surface area (Å²) in [6.07, 6.45) is 7.80. The molecule has 156 valence electrons. The van der Waals surface area contributed by atoms with Crippen molar-refractivity contribution in [3.05, 3.63) is 59.2 Å². The number of hydrogen-bond donors (Lipinski definition) is 2. The molecule has 0 aromatic heterocycles. The van der Waals surface area contributed by atoms with Gasteiger partial charge < -0.3 is 15.1 Å². The highest BCUT2D eigenvalue weighted by Gasteiger charge is 2.51. The molecular weight excluding hydrogens is 358 g/mol. The van der Waals surface area contributed by atoms with Crippen molar-refractivity contribution in [2.75, 3.05) is 19.0 Å². The van der Waals surface area contributed by atoms with E-state index >= 15 is 0 Å². The van der Waals surface area contributed by atoms with Crippen LogP contribution >= 0.6 is 0 Å². The van der Waals surface area contributed by atoms with Crippen LogP contribution in [0.2, 0.25) is 0 Å². The number of hydrogen-bond acceptors (Lipinski definition) is 3. The predicted octanol–water partition coefficient (Wildman–Crippen LogP) is 5.22. The Labute approximate surface area is 175 Å². The third-order valence-electron chi connectivity index (χ3n) is 7.49. The van der Waals surface area contributed by atoms with Crippen molar-refractivity contribution < 1.29 is 10.2 Å². The maximum Gasteiger partial charge on any atom is 0.115 e. The normalized spacial score (nSPS) is 28.5. The zero-order chi connectivity index (χ0) is 20.6. The van der Waals surface area contributed by atoms with Crippen molar-refractivity contribution in [3.63, 3.8) is 0 Å². The summed E-state index contributed by atoms with van der Waals surface area (Å²) in [5, 5.41) is 21.3. The molecule has 1 fully saturated rings. The summed E-state index contributed by atoms with van der Waals surface area (Å²) in [5.41, 5.74) is 4.83. The second kappa shape index (κ2) is 7.68. The van der Waals surface area contributed by atoms with Crippen molar-refractivity contribution in [1.82, 2.24) is 0 Å². The highest BCUT2D eigenvalue weighted by molar-refractivity contribution is 5.49. The fourth-order valence-corrected chi connectivity index (χ4v) is 6.08. The van der Waals surface area contributed by atoms with Gasteiger partial charge in [0.1, 0.15) is 5.75 Å². The number of aryl methyl sites for hydroxylation is 1. The molecule has 1 saturated carbocycles. The van der Waals surface area contributed by atoms with Crippen LogP contribution in [0.5, 0.6) is 5.75 Å². The molecule has 2 N–H and O–H groups in total. The van der Waals surface area contributed by atoms with Crippen molar-refractivity contribution in [2.24, 2.45) is 5.92 Å².